The zero-order valence-electron chi connectivity index (χ0n) is 10.1. The minimum absolute atomic E-state index is 0.361. The highest BCUT2D eigenvalue weighted by molar-refractivity contribution is 5.72. The zero-order valence-corrected chi connectivity index (χ0v) is 10.1. The molecule has 1 saturated heterocycles. The monoisotopic (exact) mass is 227 g/mol. The number of methoxy groups -OCH3 is 1. The molecule has 0 unspecified atom stereocenters. The Kier molecular flexibility index (Phi) is 3.22. The van der Waals surface area contributed by atoms with E-state index in [0.29, 0.717) is 11.3 Å². The summed E-state index contributed by atoms with van der Waals surface area (Å²) in [5.41, 5.74) is 0.361. The van der Waals surface area contributed by atoms with Gasteiger partial charge in [-0.2, -0.15) is 0 Å². The fraction of sp³-hybridized carbons (Fsp3) is 0.917. The van der Waals surface area contributed by atoms with Crippen molar-refractivity contribution in [1.82, 2.24) is 4.90 Å². The molecular weight excluding hydrogens is 206 g/mol. The van der Waals surface area contributed by atoms with E-state index in [4.69, 9.17) is 9.84 Å². The number of carboxylic acids is 1. The van der Waals surface area contributed by atoms with Crippen LogP contribution in [0.3, 0.4) is 0 Å². The van der Waals surface area contributed by atoms with Crippen LogP contribution in [0.4, 0.5) is 0 Å². The predicted molar refractivity (Wildman–Crippen MR) is 60.3 cm³/mol. The number of ether oxygens (including phenoxy) is 1. The average Bonchev–Trinajstić information content (AvgIpc) is 2.56. The van der Waals surface area contributed by atoms with Gasteiger partial charge in [-0.15, -0.1) is 0 Å². The Morgan fingerprint density at radius 3 is 2.75 bits per heavy atom. The Bertz CT molecular complexity index is 275. The highest BCUT2D eigenvalue weighted by Crippen LogP contribution is 2.52. The molecule has 1 aliphatic heterocycles. The topological polar surface area (TPSA) is 49.8 Å². The molecule has 1 heterocycles. The summed E-state index contributed by atoms with van der Waals surface area (Å²) in [5.74, 6) is -0.194. The predicted octanol–water partition coefficient (Wildman–Crippen LogP) is 1.21. The number of hydrogen-bond acceptors (Lipinski definition) is 3. The Hall–Kier alpha value is -0.610. The van der Waals surface area contributed by atoms with E-state index in [9.17, 15) is 4.79 Å². The first-order chi connectivity index (χ1) is 7.59. The summed E-state index contributed by atoms with van der Waals surface area (Å²) in [6, 6.07) is -0.362. The molecule has 0 aromatic rings. The number of nitrogens with zero attached hydrogens (tertiary/aromatic N) is 1. The lowest BCUT2D eigenvalue weighted by Crippen LogP contribution is -2.41. The van der Waals surface area contributed by atoms with Crippen molar-refractivity contribution in [3.8, 4) is 0 Å². The summed E-state index contributed by atoms with van der Waals surface area (Å²) in [7, 11) is 1.73. The van der Waals surface area contributed by atoms with Crippen molar-refractivity contribution < 1.29 is 14.6 Å². The van der Waals surface area contributed by atoms with E-state index in [1.807, 2.05) is 0 Å². The summed E-state index contributed by atoms with van der Waals surface area (Å²) in [4.78, 5) is 13.1. The van der Waals surface area contributed by atoms with E-state index >= 15 is 0 Å². The van der Waals surface area contributed by atoms with Gasteiger partial charge in [0, 0.05) is 26.1 Å². The van der Waals surface area contributed by atoms with Gasteiger partial charge < -0.3 is 9.84 Å². The van der Waals surface area contributed by atoms with Gasteiger partial charge in [0.2, 0.25) is 0 Å². The van der Waals surface area contributed by atoms with Crippen molar-refractivity contribution in [3.63, 3.8) is 0 Å². The lowest BCUT2D eigenvalue weighted by molar-refractivity contribution is -0.142. The SMILES string of the molecule is COC[C@@H]1CN([C@@H](C)C(=O)O)CC12CCC2. The van der Waals surface area contributed by atoms with Crippen molar-refractivity contribution in [2.75, 3.05) is 26.8 Å². The van der Waals surface area contributed by atoms with Crippen LogP contribution in [0, 0.1) is 11.3 Å². The smallest absolute Gasteiger partial charge is 0.320 e. The number of hydrogen-bond donors (Lipinski definition) is 1. The van der Waals surface area contributed by atoms with Crippen LogP contribution in [0.25, 0.3) is 0 Å². The molecule has 0 radical (unpaired) electrons. The van der Waals surface area contributed by atoms with E-state index in [1.165, 1.54) is 19.3 Å². The van der Waals surface area contributed by atoms with Crippen molar-refractivity contribution in [3.05, 3.63) is 0 Å². The lowest BCUT2D eigenvalue weighted by Gasteiger charge is -2.43. The molecule has 0 aromatic carbocycles. The van der Waals surface area contributed by atoms with E-state index in [-0.39, 0.29) is 6.04 Å². The molecule has 1 N–H and O–H groups in total. The highest BCUT2D eigenvalue weighted by atomic mass is 16.5. The average molecular weight is 227 g/mol. The maximum atomic E-state index is 11.0. The maximum Gasteiger partial charge on any atom is 0.320 e. The molecule has 2 atom stereocenters. The van der Waals surface area contributed by atoms with Crippen LogP contribution < -0.4 is 0 Å². The van der Waals surface area contributed by atoms with Gasteiger partial charge in [-0.1, -0.05) is 6.42 Å². The molecule has 0 bridgehead atoms. The molecule has 4 nitrogen and oxygen atoms in total. The summed E-state index contributed by atoms with van der Waals surface area (Å²) < 4.78 is 5.27. The second-order valence-electron chi connectivity index (χ2n) is 5.31. The van der Waals surface area contributed by atoms with E-state index in [0.717, 1.165) is 19.7 Å². The second kappa shape index (κ2) is 4.34. The first-order valence-electron chi connectivity index (χ1n) is 6.05. The van der Waals surface area contributed by atoms with E-state index in [1.54, 1.807) is 14.0 Å². The third-order valence-corrected chi connectivity index (χ3v) is 4.46. The Morgan fingerprint density at radius 1 is 1.62 bits per heavy atom. The number of carboxylic acid groups (broad SMARTS) is 1. The first-order valence-corrected chi connectivity index (χ1v) is 6.05. The summed E-state index contributed by atoms with van der Waals surface area (Å²) in [6.07, 6.45) is 3.77. The van der Waals surface area contributed by atoms with Crippen LogP contribution in [0.1, 0.15) is 26.2 Å². The normalized spacial score (nSPS) is 30.2. The minimum Gasteiger partial charge on any atom is -0.480 e. The highest BCUT2D eigenvalue weighted by Gasteiger charge is 2.51. The zero-order chi connectivity index (χ0) is 11.8. The molecule has 2 fully saturated rings. The van der Waals surface area contributed by atoms with Crippen LogP contribution in [-0.2, 0) is 9.53 Å². The van der Waals surface area contributed by atoms with Gasteiger partial charge >= 0.3 is 5.97 Å². The molecule has 0 amide bonds. The minimum atomic E-state index is -0.715. The van der Waals surface area contributed by atoms with E-state index in [2.05, 4.69) is 4.90 Å². The van der Waals surface area contributed by atoms with Crippen molar-refractivity contribution in [1.29, 1.82) is 0 Å². The van der Waals surface area contributed by atoms with Gasteiger partial charge in [-0.05, 0) is 25.2 Å². The Morgan fingerprint density at radius 2 is 2.31 bits per heavy atom. The van der Waals surface area contributed by atoms with Crippen LogP contribution >= 0.6 is 0 Å². The Balaban J connectivity index is 2.03. The molecule has 2 aliphatic rings. The van der Waals surface area contributed by atoms with Crippen LogP contribution in [-0.4, -0.2) is 48.8 Å². The van der Waals surface area contributed by atoms with Crippen molar-refractivity contribution >= 4 is 5.97 Å². The quantitative estimate of drug-likeness (QED) is 0.784. The fourth-order valence-electron chi connectivity index (χ4n) is 3.15. The fourth-order valence-corrected chi connectivity index (χ4v) is 3.15. The maximum absolute atomic E-state index is 11.0. The lowest BCUT2D eigenvalue weighted by atomic mass is 9.63. The molecule has 2 rings (SSSR count). The first kappa shape index (κ1) is 11.9. The molecule has 1 spiro atoms. The van der Waals surface area contributed by atoms with Gasteiger partial charge in [0.05, 0.1) is 6.61 Å². The van der Waals surface area contributed by atoms with Gasteiger partial charge in [-0.3, -0.25) is 9.69 Å². The van der Waals surface area contributed by atoms with Gasteiger partial charge in [0.1, 0.15) is 6.04 Å². The van der Waals surface area contributed by atoms with Gasteiger partial charge in [-0.25, -0.2) is 0 Å². The van der Waals surface area contributed by atoms with Gasteiger partial charge in [0.15, 0.2) is 0 Å². The molecular formula is C12H21NO3. The molecule has 92 valence electrons. The summed E-state index contributed by atoms with van der Waals surface area (Å²) in [6.45, 7) is 4.36. The van der Waals surface area contributed by atoms with Crippen LogP contribution in [0.2, 0.25) is 0 Å². The third kappa shape index (κ3) is 1.84. The van der Waals surface area contributed by atoms with Gasteiger partial charge in [0.25, 0.3) is 0 Å². The number of aliphatic carboxylic acids is 1. The van der Waals surface area contributed by atoms with Crippen molar-refractivity contribution in [2.45, 2.75) is 32.2 Å². The van der Waals surface area contributed by atoms with Crippen LogP contribution in [0.5, 0.6) is 0 Å². The molecule has 1 saturated carbocycles. The number of carbonyl (C=O) groups is 1. The molecule has 16 heavy (non-hydrogen) atoms. The van der Waals surface area contributed by atoms with Crippen LogP contribution in [0.15, 0.2) is 0 Å². The standard InChI is InChI=1S/C12H21NO3/c1-9(11(14)15)13-6-10(7-16-2)12(8-13)4-3-5-12/h9-10H,3-8H2,1-2H3,(H,14,15)/t9-,10-/m0/s1. The molecule has 0 aromatic heterocycles. The van der Waals surface area contributed by atoms with Crippen molar-refractivity contribution in [2.24, 2.45) is 11.3 Å². The Labute approximate surface area is 96.6 Å². The number of likely N-dealkylation sites (tertiary alicyclic amines) is 1. The second-order valence-corrected chi connectivity index (χ2v) is 5.31. The molecule has 1 aliphatic carbocycles. The third-order valence-electron chi connectivity index (χ3n) is 4.46. The molecule has 4 heteroatoms. The summed E-state index contributed by atoms with van der Waals surface area (Å²) >= 11 is 0. The van der Waals surface area contributed by atoms with E-state index < -0.39 is 5.97 Å². The number of rotatable bonds is 4. The largest absolute Gasteiger partial charge is 0.480 e. The summed E-state index contributed by atoms with van der Waals surface area (Å²) in [5, 5.41) is 9.05.